The molecular weight excluding hydrogens is 182 g/mol. The number of rotatable bonds is 5. The van der Waals surface area contributed by atoms with Gasteiger partial charge in [-0.2, -0.15) is 0 Å². The van der Waals surface area contributed by atoms with Crippen LogP contribution in [0.15, 0.2) is 0 Å². The maximum atomic E-state index is 2.67. The summed E-state index contributed by atoms with van der Waals surface area (Å²) in [5.41, 5.74) is 0.537. The molecule has 0 aromatic heterocycles. The molecule has 0 radical (unpaired) electrons. The molecule has 0 aliphatic carbocycles. The summed E-state index contributed by atoms with van der Waals surface area (Å²) in [4.78, 5) is 2.67. The molecule has 0 N–H and O–H groups in total. The zero-order valence-corrected chi connectivity index (χ0v) is 12.3. The molecule has 0 heterocycles. The molecule has 1 nitrogen and oxygen atoms in total. The minimum atomic E-state index is 0.258. The third-order valence-corrected chi connectivity index (χ3v) is 4.07. The van der Waals surface area contributed by atoms with Crippen LogP contribution in [-0.4, -0.2) is 22.0 Å². The van der Waals surface area contributed by atoms with E-state index in [1.807, 2.05) is 0 Å². The average molecular weight is 213 g/mol. The predicted octanol–water partition coefficient (Wildman–Crippen LogP) is 4.32. The van der Waals surface area contributed by atoms with Crippen LogP contribution < -0.4 is 0 Å². The van der Waals surface area contributed by atoms with Crippen molar-refractivity contribution in [1.82, 2.24) is 4.90 Å². The second kappa shape index (κ2) is 4.86. The lowest BCUT2D eigenvalue weighted by atomic mass is 9.82. The van der Waals surface area contributed by atoms with Crippen molar-refractivity contribution in [3.8, 4) is 0 Å². The van der Waals surface area contributed by atoms with Crippen molar-refractivity contribution in [1.29, 1.82) is 0 Å². The number of nitrogens with zero attached hydrogens (tertiary/aromatic N) is 1. The van der Waals surface area contributed by atoms with E-state index in [2.05, 4.69) is 67.2 Å². The molecule has 0 bridgehead atoms. The molecule has 0 rings (SSSR count). The smallest absolute Gasteiger partial charge is 0.0184 e. The molecule has 0 aliphatic heterocycles. The van der Waals surface area contributed by atoms with Crippen molar-refractivity contribution in [3.05, 3.63) is 0 Å². The van der Waals surface area contributed by atoms with E-state index in [1.54, 1.807) is 0 Å². The monoisotopic (exact) mass is 213 g/mol. The standard InChI is InChI=1S/C14H31N/c1-10-13(6,7)15(12(4)5)14(8,9)11(2)3/h11-12H,10H2,1-9H3. The summed E-state index contributed by atoms with van der Waals surface area (Å²) in [6.07, 6.45) is 1.20. The Morgan fingerprint density at radius 3 is 1.53 bits per heavy atom. The lowest BCUT2D eigenvalue weighted by molar-refractivity contribution is -0.0389. The maximum absolute atomic E-state index is 2.67. The van der Waals surface area contributed by atoms with Gasteiger partial charge in [-0.3, -0.25) is 4.90 Å². The Morgan fingerprint density at radius 1 is 0.933 bits per heavy atom. The van der Waals surface area contributed by atoms with Gasteiger partial charge in [-0.25, -0.2) is 0 Å². The number of hydrogen-bond acceptors (Lipinski definition) is 1. The first-order valence-electron chi connectivity index (χ1n) is 6.36. The van der Waals surface area contributed by atoms with Gasteiger partial charge in [0.05, 0.1) is 0 Å². The molecule has 0 saturated heterocycles. The highest BCUT2D eigenvalue weighted by atomic mass is 15.3. The van der Waals surface area contributed by atoms with Crippen molar-refractivity contribution >= 4 is 0 Å². The molecule has 0 saturated carbocycles. The van der Waals surface area contributed by atoms with Crippen LogP contribution in [0.4, 0.5) is 0 Å². The predicted molar refractivity (Wildman–Crippen MR) is 70.3 cm³/mol. The Hall–Kier alpha value is -0.0400. The van der Waals surface area contributed by atoms with Crippen LogP contribution in [0, 0.1) is 5.92 Å². The summed E-state index contributed by atoms with van der Waals surface area (Å²) < 4.78 is 0. The van der Waals surface area contributed by atoms with Gasteiger partial charge in [0.25, 0.3) is 0 Å². The Bertz CT molecular complexity index is 190. The molecule has 1 heteroatoms. The lowest BCUT2D eigenvalue weighted by Crippen LogP contribution is -2.60. The SMILES string of the molecule is CCC(C)(C)N(C(C)C)C(C)(C)C(C)C. The van der Waals surface area contributed by atoms with Gasteiger partial charge >= 0.3 is 0 Å². The zero-order valence-electron chi connectivity index (χ0n) is 12.3. The minimum absolute atomic E-state index is 0.258. The quantitative estimate of drug-likeness (QED) is 0.657. The molecular formula is C14H31N. The van der Waals surface area contributed by atoms with Crippen molar-refractivity contribution in [2.75, 3.05) is 0 Å². The number of hydrogen-bond donors (Lipinski definition) is 0. The molecule has 92 valence electrons. The lowest BCUT2D eigenvalue weighted by Gasteiger charge is -2.53. The Kier molecular flexibility index (Phi) is 4.85. The summed E-state index contributed by atoms with van der Waals surface area (Å²) in [6.45, 7) is 21.0. The van der Waals surface area contributed by atoms with Crippen molar-refractivity contribution < 1.29 is 0 Å². The summed E-state index contributed by atoms with van der Waals surface area (Å²) >= 11 is 0. The van der Waals surface area contributed by atoms with E-state index >= 15 is 0 Å². The molecule has 0 aromatic carbocycles. The van der Waals surface area contributed by atoms with Crippen LogP contribution in [0.5, 0.6) is 0 Å². The Labute approximate surface area is 97.2 Å². The largest absolute Gasteiger partial charge is 0.290 e. The van der Waals surface area contributed by atoms with Gasteiger partial charge < -0.3 is 0 Å². The van der Waals surface area contributed by atoms with Crippen molar-refractivity contribution in [2.45, 2.75) is 85.9 Å². The topological polar surface area (TPSA) is 3.24 Å². The van der Waals surface area contributed by atoms with Gasteiger partial charge in [0, 0.05) is 17.1 Å². The second-order valence-corrected chi connectivity index (χ2v) is 6.44. The van der Waals surface area contributed by atoms with Crippen LogP contribution >= 0.6 is 0 Å². The van der Waals surface area contributed by atoms with Crippen molar-refractivity contribution in [3.63, 3.8) is 0 Å². The Morgan fingerprint density at radius 2 is 1.33 bits per heavy atom. The van der Waals surface area contributed by atoms with Gasteiger partial charge in [-0.15, -0.1) is 0 Å². The van der Waals surface area contributed by atoms with Gasteiger partial charge in [0.1, 0.15) is 0 Å². The summed E-state index contributed by atoms with van der Waals surface area (Å²) in [6, 6.07) is 0.595. The van der Waals surface area contributed by atoms with E-state index in [1.165, 1.54) is 6.42 Å². The normalized spacial score (nSPS) is 14.4. The van der Waals surface area contributed by atoms with Gasteiger partial charge in [0.15, 0.2) is 0 Å². The molecule has 0 aliphatic rings. The fraction of sp³-hybridized carbons (Fsp3) is 1.00. The van der Waals surface area contributed by atoms with Crippen LogP contribution in [-0.2, 0) is 0 Å². The van der Waals surface area contributed by atoms with Crippen LogP contribution in [0.1, 0.15) is 68.7 Å². The summed E-state index contributed by atoms with van der Waals surface area (Å²) in [5, 5.41) is 0. The molecule has 0 aromatic rings. The fourth-order valence-electron chi connectivity index (χ4n) is 2.59. The third kappa shape index (κ3) is 3.21. The van der Waals surface area contributed by atoms with Crippen LogP contribution in [0.25, 0.3) is 0 Å². The van der Waals surface area contributed by atoms with E-state index < -0.39 is 0 Å². The first-order valence-corrected chi connectivity index (χ1v) is 6.36. The second-order valence-electron chi connectivity index (χ2n) is 6.44. The molecule has 15 heavy (non-hydrogen) atoms. The zero-order chi connectivity index (χ0) is 12.4. The van der Waals surface area contributed by atoms with Crippen LogP contribution in [0.3, 0.4) is 0 Å². The maximum Gasteiger partial charge on any atom is 0.0184 e. The molecule has 0 spiro atoms. The van der Waals surface area contributed by atoms with Gasteiger partial charge in [-0.1, -0.05) is 20.8 Å². The van der Waals surface area contributed by atoms with Gasteiger partial charge in [0.2, 0.25) is 0 Å². The molecule has 0 fully saturated rings. The minimum Gasteiger partial charge on any atom is -0.290 e. The molecule has 0 unspecified atom stereocenters. The Balaban J connectivity index is 5.15. The highest BCUT2D eigenvalue weighted by molar-refractivity contribution is 4.95. The van der Waals surface area contributed by atoms with Crippen molar-refractivity contribution in [2.24, 2.45) is 5.92 Å². The first-order chi connectivity index (χ1) is 6.57. The first kappa shape index (κ1) is 15.0. The van der Waals surface area contributed by atoms with E-state index in [0.717, 1.165) is 0 Å². The van der Waals surface area contributed by atoms with E-state index in [-0.39, 0.29) is 11.1 Å². The highest BCUT2D eigenvalue weighted by Gasteiger charge is 2.39. The molecule has 0 amide bonds. The summed E-state index contributed by atoms with van der Waals surface area (Å²) in [5.74, 6) is 0.672. The van der Waals surface area contributed by atoms with E-state index in [4.69, 9.17) is 0 Å². The van der Waals surface area contributed by atoms with E-state index in [0.29, 0.717) is 12.0 Å². The summed E-state index contributed by atoms with van der Waals surface area (Å²) in [7, 11) is 0. The van der Waals surface area contributed by atoms with E-state index in [9.17, 15) is 0 Å². The fourth-order valence-corrected chi connectivity index (χ4v) is 2.59. The average Bonchev–Trinajstić information content (AvgIpc) is 2.01. The highest BCUT2D eigenvalue weighted by Crippen LogP contribution is 2.34. The third-order valence-electron chi connectivity index (χ3n) is 4.07. The molecule has 0 atom stereocenters. The van der Waals surface area contributed by atoms with Crippen LogP contribution in [0.2, 0.25) is 0 Å². The van der Waals surface area contributed by atoms with Gasteiger partial charge in [-0.05, 0) is 53.9 Å².